The van der Waals surface area contributed by atoms with Gasteiger partial charge in [0.1, 0.15) is 5.76 Å². The molecule has 0 fully saturated rings. The van der Waals surface area contributed by atoms with Crippen molar-refractivity contribution in [3.8, 4) is 11.5 Å². The molecule has 2 rings (SSSR count). The molecule has 2 aromatic rings. The van der Waals surface area contributed by atoms with Crippen LogP contribution >= 0.6 is 0 Å². The third-order valence-electron chi connectivity index (χ3n) is 2.25. The van der Waals surface area contributed by atoms with E-state index >= 15 is 0 Å². The van der Waals surface area contributed by atoms with Crippen molar-refractivity contribution in [1.82, 2.24) is 5.32 Å². The highest BCUT2D eigenvalue weighted by Crippen LogP contribution is 2.24. The molecule has 3 N–H and O–H groups in total. The zero-order valence-electron chi connectivity index (χ0n) is 8.68. The maximum atomic E-state index is 9.29. The minimum absolute atomic E-state index is 0.0997. The lowest BCUT2D eigenvalue weighted by Crippen LogP contribution is -2.11. The van der Waals surface area contributed by atoms with E-state index in [2.05, 4.69) is 5.32 Å². The van der Waals surface area contributed by atoms with Crippen LogP contribution in [-0.4, -0.2) is 10.2 Å². The first-order valence-corrected chi connectivity index (χ1v) is 4.99. The molecule has 0 bridgehead atoms. The third kappa shape index (κ3) is 2.55. The fourth-order valence-corrected chi connectivity index (χ4v) is 1.42. The monoisotopic (exact) mass is 219 g/mol. The minimum Gasteiger partial charge on any atom is -0.504 e. The zero-order chi connectivity index (χ0) is 11.4. The van der Waals surface area contributed by atoms with Crippen LogP contribution in [0.2, 0.25) is 0 Å². The Labute approximate surface area is 93.2 Å². The number of hydrogen-bond acceptors (Lipinski definition) is 4. The SMILES string of the molecule is Oc1ccc(CNCc2ccco2)cc1O. The molecule has 0 aliphatic heterocycles. The second kappa shape index (κ2) is 4.72. The van der Waals surface area contributed by atoms with Crippen LogP contribution in [0.25, 0.3) is 0 Å². The Morgan fingerprint density at radius 3 is 2.62 bits per heavy atom. The second-order valence-corrected chi connectivity index (χ2v) is 3.51. The van der Waals surface area contributed by atoms with Crippen molar-refractivity contribution < 1.29 is 14.6 Å². The van der Waals surface area contributed by atoms with Crippen LogP contribution in [0.3, 0.4) is 0 Å². The molecule has 1 aromatic heterocycles. The zero-order valence-corrected chi connectivity index (χ0v) is 8.68. The van der Waals surface area contributed by atoms with Gasteiger partial charge in [0.2, 0.25) is 0 Å². The summed E-state index contributed by atoms with van der Waals surface area (Å²) in [6.07, 6.45) is 1.63. The van der Waals surface area contributed by atoms with Crippen molar-refractivity contribution in [3.63, 3.8) is 0 Å². The predicted octanol–water partition coefficient (Wildman–Crippen LogP) is 1.98. The number of aromatic hydroxyl groups is 2. The molecule has 0 aliphatic carbocycles. The summed E-state index contributed by atoms with van der Waals surface area (Å²) >= 11 is 0. The van der Waals surface area contributed by atoms with E-state index < -0.39 is 0 Å². The summed E-state index contributed by atoms with van der Waals surface area (Å²) in [6, 6.07) is 8.48. The summed E-state index contributed by atoms with van der Waals surface area (Å²) in [5.74, 6) is 0.662. The van der Waals surface area contributed by atoms with Gasteiger partial charge in [0, 0.05) is 6.54 Å². The number of phenols is 2. The van der Waals surface area contributed by atoms with E-state index in [1.807, 2.05) is 12.1 Å². The normalized spacial score (nSPS) is 10.5. The Hall–Kier alpha value is -1.94. The van der Waals surface area contributed by atoms with Crippen LogP contribution in [0, 0.1) is 0 Å². The van der Waals surface area contributed by atoms with Gasteiger partial charge in [0.15, 0.2) is 11.5 Å². The Balaban J connectivity index is 1.87. The first-order valence-electron chi connectivity index (χ1n) is 4.99. The highest BCUT2D eigenvalue weighted by Gasteiger charge is 2.00. The molecular formula is C12H13NO3. The topological polar surface area (TPSA) is 65.6 Å². The molecule has 84 valence electrons. The first-order chi connectivity index (χ1) is 7.75. The van der Waals surface area contributed by atoms with Crippen LogP contribution in [0.1, 0.15) is 11.3 Å². The smallest absolute Gasteiger partial charge is 0.157 e. The number of hydrogen-bond donors (Lipinski definition) is 3. The number of phenolic OH excluding ortho intramolecular Hbond substituents is 2. The van der Waals surface area contributed by atoms with E-state index in [1.165, 1.54) is 12.1 Å². The fraction of sp³-hybridized carbons (Fsp3) is 0.167. The molecule has 0 amide bonds. The molecule has 4 nitrogen and oxygen atoms in total. The van der Waals surface area contributed by atoms with E-state index in [0.717, 1.165) is 11.3 Å². The van der Waals surface area contributed by atoms with E-state index in [0.29, 0.717) is 13.1 Å². The van der Waals surface area contributed by atoms with E-state index in [9.17, 15) is 5.11 Å². The average Bonchev–Trinajstić information content (AvgIpc) is 2.76. The van der Waals surface area contributed by atoms with E-state index in [4.69, 9.17) is 9.52 Å². The number of rotatable bonds is 4. The quantitative estimate of drug-likeness (QED) is 0.688. The molecule has 0 radical (unpaired) electrons. The molecular weight excluding hydrogens is 206 g/mol. The maximum absolute atomic E-state index is 9.29. The maximum Gasteiger partial charge on any atom is 0.157 e. The predicted molar refractivity (Wildman–Crippen MR) is 59.0 cm³/mol. The van der Waals surface area contributed by atoms with Crippen molar-refractivity contribution >= 4 is 0 Å². The molecule has 0 spiro atoms. The minimum atomic E-state index is -0.102. The van der Waals surface area contributed by atoms with Crippen molar-refractivity contribution in [2.24, 2.45) is 0 Å². The van der Waals surface area contributed by atoms with Gasteiger partial charge in [0.25, 0.3) is 0 Å². The van der Waals surface area contributed by atoms with Gasteiger partial charge in [-0.25, -0.2) is 0 Å². The van der Waals surface area contributed by atoms with Crippen molar-refractivity contribution in [1.29, 1.82) is 0 Å². The molecule has 4 heteroatoms. The van der Waals surface area contributed by atoms with Crippen LogP contribution in [0.15, 0.2) is 41.0 Å². The average molecular weight is 219 g/mol. The van der Waals surface area contributed by atoms with Gasteiger partial charge in [-0.15, -0.1) is 0 Å². The lowest BCUT2D eigenvalue weighted by atomic mass is 10.2. The lowest BCUT2D eigenvalue weighted by Gasteiger charge is -2.04. The highest BCUT2D eigenvalue weighted by molar-refractivity contribution is 5.40. The summed E-state index contributed by atoms with van der Waals surface area (Å²) in [5, 5.41) is 21.6. The number of benzene rings is 1. The molecule has 1 heterocycles. The van der Waals surface area contributed by atoms with Crippen molar-refractivity contribution in [2.75, 3.05) is 0 Å². The fourth-order valence-electron chi connectivity index (χ4n) is 1.42. The van der Waals surface area contributed by atoms with Crippen LogP contribution < -0.4 is 5.32 Å². The van der Waals surface area contributed by atoms with Crippen LogP contribution in [-0.2, 0) is 13.1 Å². The molecule has 0 unspecified atom stereocenters. The molecule has 0 atom stereocenters. The molecule has 0 aliphatic rings. The molecule has 1 aromatic carbocycles. The largest absolute Gasteiger partial charge is 0.504 e. The summed E-state index contributed by atoms with van der Waals surface area (Å²) in [6.45, 7) is 1.24. The highest BCUT2D eigenvalue weighted by atomic mass is 16.3. The summed E-state index contributed by atoms with van der Waals surface area (Å²) in [7, 11) is 0. The van der Waals surface area contributed by atoms with Gasteiger partial charge in [-0.2, -0.15) is 0 Å². The van der Waals surface area contributed by atoms with Gasteiger partial charge in [-0.3, -0.25) is 0 Å². The standard InChI is InChI=1S/C12H13NO3/c14-11-4-3-9(6-12(11)15)7-13-8-10-2-1-5-16-10/h1-6,13-15H,7-8H2. The van der Waals surface area contributed by atoms with Crippen molar-refractivity contribution in [3.05, 3.63) is 47.9 Å². The van der Waals surface area contributed by atoms with Gasteiger partial charge >= 0.3 is 0 Å². The first kappa shape index (κ1) is 10.6. The van der Waals surface area contributed by atoms with E-state index in [-0.39, 0.29) is 11.5 Å². The Kier molecular flexibility index (Phi) is 3.12. The van der Waals surface area contributed by atoms with Crippen LogP contribution in [0.5, 0.6) is 11.5 Å². The summed E-state index contributed by atoms with van der Waals surface area (Å²) in [4.78, 5) is 0. The summed E-state index contributed by atoms with van der Waals surface area (Å²) < 4.78 is 5.16. The van der Waals surface area contributed by atoms with Gasteiger partial charge in [0.05, 0.1) is 12.8 Å². The Morgan fingerprint density at radius 1 is 1.06 bits per heavy atom. The number of nitrogens with one attached hydrogen (secondary N) is 1. The third-order valence-corrected chi connectivity index (χ3v) is 2.25. The van der Waals surface area contributed by atoms with E-state index in [1.54, 1.807) is 12.3 Å². The Morgan fingerprint density at radius 2 is 1.94 bits per heavy atom. The lowest BCUT2D eigenvalue weighted by molar-refractivity contribution is 0.402. The number of furan rings is 1. The molecule has 0 saturated heterocycles. The van der Waals surface area contributed by atoms with Gasteiger partial charge in [-0.1, -0.05) is 6.07 Å². The molecule has 16 heavy (non-hydrogen) atoms. The van der Waals surface area contributed by atoms with Gasteiger partial charge in [-0.05, 0) is 29.8 Å². The molecule has 0 saturated carbocycles. The van der Waals surface area contributed by atoms with Crippen molar-refractivity contribution in [2.45, 2.75) is 13.1 Å². The second-order valence-electron chi connectivity index (χ2n) is 3.51. The van der Waals surface area contributed by atoms with Gasteiger partial charge < -0.3 is 19.9 Å². The van der Waals surface area contributed by atoms with Crippen LogP contribution in [0.4, 0.5) is 0 Å². The summed E-state index contributed by atoms with van der Waals surface area (Å²) in [5.41, 5.74) is 0.904. The Bertz CT molecular complexity index is 451.